The van der Waals surface area contributed by atoms with Gasteiger partial charge in [0.25, 0.3) is 0 Å². The van der Waals surface area contributed by atoms with Crippen LogP contribution in [0.15, 0.2) is 6.20 Å². The quantitative estimate of drug-likeness (QED) is 0.900. The zero-order valence-electron chi connectivity index (χ0n) is 14.2. The molecule has 20 heavy (non-hydrogen) atoms. The molecule has 0 atom stereocenters. The van der Waals surface area contributed by atoms with Crippen molar-refractivity contribution in [2.45, 2.75) is 67.9 Å². The molecule has 0 saturated heterocycles. The largest absolute Gasteiger partial charge is 0.354 e. The third kappa shape index (κ3) is 7.31. The maximum atomic E-state index is 11.8. The van der Waals surface area contributed by atoms with Gasteiger partial charge in [-0.1, -0.05) is 48.0 Å². The van der Waals surface area contributed by atoms with Gasteiger partial charge in [0.1, 0.15) is 12.4 Å². The molecule has 0 unspecified atom stereocenters. The van der Waals surface area contributed by atoms with Gasteiger partial charge < -0.3 is 9.88 Å². The van der Waals surface area contributed by atoms with Gasteiger partial charge in [-0.05, 0) is 18.8 Å². The Kier molecular flexibility index (Phi) is 8.19. The molecule has 1 amide bonds. The van der Waals surface area contributed by atoms with Crippen LogP contribution in [0.4, 0.5) is 0 Å². The molecule has 0 radical (unpaired) electrons. The van der Waals surface area contributed by atoms with E-state index >= 15 is 0 Å². The lowest BCUT2D eigenvalue weighted by Crippen LogP contribution is -2.34. The second-order valence-electron chi connectivity index (χ2n) is 5.99. The highest BCUT2D eigenvalue weighted by molar-refractivity contribution is 5.75. The molecule has 1 rings (SSSR count). The van der Waals surface area contributed by atoms with E-state index in [1.54, 1.807) is 0 Å². The Morgan fingerprint density at radius 1 is 1.35 bits per heavy atom. The molecule has 0 saturated carbocycles. The van der Waals surface area contributed by atoms with Crippen molar-refractivity contribution in [3.8, 4) is 0 Å². The molecular formula is C16H31N3O. The molecule has 0 fully saturated rings. The molecule has 0 spiro atoms. The van der Waals surface area contributed by atoms with E-state index in [1.165, 1.54) is 0 Å². The lowest BCUT2D eigenvalue weighted by molar-refractivity contribution is -0.122. The molecule has 0 aliphatic heterocycles. The second-order valence-corrected chi connectivity index (χ2v) is 5.99. The predicted octanol–water partition coefficient (Wildman–Crippen LogP) is 3.33. The van der Waals surface area contributed by atoms with E-state index in [2.05, 4.69) is 38.0 Å². The Morgan fingerprint density at radius 2 is 1.95 bits per heavy atom. The van der Waals surface area contributed by atoms with Crippen molar-refractivity contribution in [3.63, 3.8) is 0 Å². The Balaban J connectivity index is 0.00000172. The molecule has 1 N–H and O–H groups in total. The summed E-state index contributed by atoms with van der Waals surface area (Å²) in [5, 5.41) is 2.95. The fourth-order valence-electron chi connectivity index (χ4n) is 1.69. The minimum absolute atomic E-state index is 0.0495. The minimum atomic E-state index is 0.0495. The first kappa shape index (κ1) is 18.7. The van der Waals surface area contributed by atoms with Gasteiger partial charge in [-0.3, -0.25) is 4.79 Å². The van der Waals surface area contributed by atoms with Crippen LogP contribution >= 0.6 is 0 Å². The third-order valence-electron chi connectivity index (χ3n) is 2.66. The fraction of sp³-hybridized carbons (Fsp3) is 0.750. The summed E-state index contributed by atoms with van der Waals surface area (Å²) in [7, 11) is 0. The van der Waals surface area contributed by atoms with Crippen LogP contribution < -0.4 is 5.32 Å². The molecule has 0 aliphatic rings. The topological polar surface area (TPSA) is 46.9 Å². The molecule has 1 heterocycles. The molecule has 4 nitrogen and oxygen atoms in total. The van der Waals surface area contributed by atoms with Crippen molar-refractivity contribution in [2.24, 2.45) is 5.41 Å². The smallest absolute Gasteiger partial charge is 0.240 e. The van der Waals surface area contributed by atoms with E-state index in [-0.39, 0.29) is 11.3 Å². The van der Waals surface area contributed by atoms with Crippen LogP contribution in [0.2, 0.25) is 0 Å². The molecule has 116 valence electrons. The third-order valence-corrected chi connectivity index (χ3v) is 2.66. The van der Waals surface area contributed by atoms with Crippen LogP contribution in [0.25, 0.3) is 0 Å². The van der Waals surface area contributed by atoms with Crippen LogP contribution in [0.1, 0.15) is 59.5 Å². The van der Waals surface area contributed by atoms with Crippen molar-refractivity contribution in [2.75, 3.05) is 6.54 Å². The zero-order valence-corrected chi connectivity index (χ0v) is 14.2. The number of hydrogen-bond acceptors (Lipinski definition) is 2. The van der Waals surface area contributed by atoms with Crippen LogP contribution in [0, 0.1) is 12.3 Å². The monoisotopic (exact) mass is 281 g/mol. The maximum Gasteiger partial charge on any atom is 0.240 e. The average molecular weight is 281 g/mol. The van der Waals surface area contributed by atoms with Crippen molar-refractivity contribution in [1.82, 2.24) is 14.9 Å². The highest BCUT2D eigenvalue weighted by Gasteiger charge is 2.13. The number of aryl methyl sites for hydroxylation is 2. The number of nitrogens with one attached hydrogen (secondary N) is 1. The Labute approximate surface area is 124 Å². The summed E-state index contributed by atoms with van der Waals surface area (Å²) >= 11 is 0. The van der Waals surface area contributed by atoms with E-state index in [4.69, 9.17) is 0 Å². The van der Waals surface area contributed by atoms with Crippen molar-refractivity contribution in [3.05, 3.63) is 17.7 Å². The van der Waals surface area contributed by atoms with Crippen LogP contribution in [0.3, 0.4) is 0 Å². The van der Waals surface area contributed by atoms with Gasteiger partial charge in [0.05, 0.1) is 5.69 Å². The molecule has 1 aromatic heterocycles. The van der Waals surface area contributed by atoms with Gasteiger partial charge in [0.2, 0.25) is 5.91 Å². The Bertz CT molecular complexity index is 402. The minimum Gasteiger partial charge on any atom is -0.354 e. The van der Waals surface area contributed by atoms with E-state index in [9.17, 15) is 4.79 Å². The first-order valence-corrected chi connectivity index (χ1v) is 7.61. The SMILES string of the molecule is CC.CCCc1cn(CC(=O)NCC(C)(C)C)c(C)n1. The number of nitrogens with zero attached hydrogens (tertiary/aromatic N) is 2. The van der Waals surface area contributed by atoms with E-state index in [0.717, 1.165) is 24.4 Å². The highest BCUT2D eigenvalue weighted by Crippen LogP contribution is 2.10. The number of carbonyl (C=O) groups is 1. The second kappa shape index (κ2) is 8.77. The zero-order chi connectivity index (χ0) is 15.8. The first-order valence-electron chi connectivity index (χ1n) is 7.61. The Hall–Kier alpha value is -1.32. The average Bonchev–Trinajstić information content (AvgIpc) is 2.69. The number of carbonyl (C=O) groups excluding carboxylic acids is 1. The lowest BCUT2D eigenvalue weighted by atomic mass is 9.97. The maximum absolute atomic E-state index is 11.8. The van der Waals surface area contributed by atoms with Gasteiger partial charge in [-0.25, -0.2) is 4.98 Å². The van der Waals surface area contributed by atoms with Crippen LogP contribution in [0.5, 0.6) is 0 Å². The number of hydrogen-bond donors (Lipinski definition) is 1. The van der Waals surface area contributed by atoms with Crippen molar-refractivity contribution < 1.29 is 4.79 Å². The van der Waals surface area contributed by atoms with E-state index in [0.29, 0.717) is 13.1 Å². The van der Waals surface area contributed by atoms with Gasteiger partial charge in [0.15, 0.2) is 0 Å². The normalized spacial score (nSPS) is 10.8. The summed E-state index contributed by atoms with van der Waals surface area (Å²) in [6, 6.07) is 0. The summed E-state index contributed by atoms with van der Waals surface area (Å²) in [5.74, 6) is 0.956. The van der Waals surface area contributed by atoms with E-state index in [1.807, 2.05) is 31.5 Å². The van der Waals surface area contributed by atoms with Crippen LogP contribution in [-0.2, 0) is 17.8 Å². The summed E-state index contributed by atoms with van der Waals surface area (Å²) in [5.41, 5.74) is 1.19. The Morgan fingerprint density at radius 3 is 2.45 bits per heavy atom. The summed E-state index contributed by atoms with van der Waals surface area (Å²) in [4.78, 5) is 16.3. The molecule has 4 heteroatoms. The molecule has 0 bridgehead atoms. The summed E-state index contributed by atoms with van der Waals surface area (Å²) in [6.07, 6.45) is 4.03. The van der Waals surface area contributed by atoms with Gasteiger partial charge in [0, 0.05) is 12.7 Å². The van der Waals surface area contributed by atoms with Gasteiger partial charge >= 0.3 is 0 Å². The molecule has 1 aromatic rings. The summed E-state index contributed by atoms with van der Waals surface area (Å²) < 4.78 is 1.92. The van der Waals surface area contributed by atoms with Crippen molar-refractivity contribution in [1.29, 1.82) is 0 Å². The number of imidazole rings is 1. The highest BCUT2D eigenvalue weighted by atomic mass is 16.1. The number of aromatic nitrogens is 2. The van der Waals surface area contributed by atoms with E-state index < -0.39 is 0 Å². The molecule has 0 aliphatic carbocycles. The summed E-state index contributed by atoms with van der Waals surface area (Å²) in [6.45, 7) is 15.4. The molecule has 0 aromatic carbocycles. The van der Waals surface area contributed by atoms with Crippen molar-refractivity contribution >= 4 is 5.91 Å². The van der Waals surface area contributed by atoms with Gasteiger partial charge in [-0.15, -0.1) is 0 Å². The predicted molar refractivity (Wildman–Crippen MR) is 84.8 cm³/mol. The number of rotatable bonds is 5. The van der Waals surface area contributed by atoms with Gasteiger partial charge in [-0.2, -0.15) is 0 Å². The lowest BCUT2D eigenvalue weighted by Gasteiger charge is -2.18. The molecular weight excluding hydrogens is 250 g/mol. The standard InChI is InChI=1S/C14H25N3O.C2H6/c1-6-7-12-8-17(11(2)16-12)9-13(18)15-10-14(3,4)5;1-2/h8H,6-7,9-10H2,1-5H3,(H,15,18);1-2H3. The van der Waals surface area contributed by atoms with Crippen LogP contribution in [-0.4, -0.2) is 22.0 Å². The first-order chi connectivity index (χ1) is 9.31. The number of amides is 1. The fourth-order valence-corrected chi connectivity index (χ4v) is 1.69.